The van der Waals surface area contributed by atoms with Crippen molar-refractivity contribution in [1.82, 2.24) is 0 Å². The maximum atomic E-state index is 11.9. The summed E-state index contributed by atoms with van der Waals surface area (Å²) in [5.74, 6) is 4.60. The molecule has 132 heavy (non-hydrogen) atoms. The normalized spacial score (nSPS) is 16.7. The molecule has 22 heteroatoms. The van der Waals surface area contributed by atoms with Gasteiger partial charge < -0.3 is 57.3 Å². The number of rotatable bonds is 16. The smallest absolute Gasteiger partial charge is 0.506 e. The lowest BCUT2D eigenvalue weighted by Gasteiger charge is -2.37. The molecule has 0 spiro atoms. The number of hydrogen-bond acceptors (Lipinski definition) is 10. The third kappa shape index (κ3) is 20.6. The van der Waals surface area contributed by atoms with Crippen LogP contribution in [0.5, 0.6) is 0 Å². The van der Waals surface area contributed by atoms with Crippen LogP contribution >= 0.6 is 0 Å². The molecule has 0 bridgehead atoms. The second-order valence-corrected chi connectivity index (χ2v) is 34.5. The molecule has 0 amide bonds. The third-order valence-electron chi connectivity index (χ3n) is 25.1. The molecule has 12 aromatic rings. The number of Topliss-reactive ketones (excluding diaryl/α,β-unsaturated/α-hetero) is 4. The van der Waals surface area contributed by atoms with E-state index in [-0.39, 0.29) is 23.1 Å². The number of benzene rings is 12. The van der Waals surface area contributed by atoms with E-state index in [0.717, 1.165) is 111 Å². The van der Waals surface area contributed by atoms with E-state index >= 15 is 0 Å². The van der Waals surface area contributed by atoms with Gasteiger partial charge in [0.15, 0.2) is 23.1 Å². The number of carbonyl (C=O) groups excluding carboxylic acids is 4. The van der Waals surface area contributed by atoms with Gasteiger partial charge in [0.2, 0.25) is 0 Å². The summed E-state index contributed by atoms with van der Waals surface area (Å²) in [6.45, 7) is 20.2. The Bertz CT molecular complexity index is 5650. The van der Waals surface area contributed by atoms with Crippen LogP contribution in [0.1, 0.15) is 111 Å². The number of allylic oxidation sites excluding steroid dienone is 12. The van der Waals surface area contributed by atoms with Gasteiger partial charge in [0.05, 0.1) is 34.6 Å². The molecule has 0 unspecified atom stereocenters. The van der Waals surface area contributed by atoms with Crippen LogP contribution in [0.15, 0.2) is 433 Å². The maximum Gasteiger partial charge on any atom is 0.506 e. The van der Waals surface area contributed by atoms with Crippen LogP contribution in [-0.2, 0) is 47.1 Å². The molecule has 12 aromatic carbocycles. The van der Waals surface area contributed by atoms with Crippen LogP contribution in [0.2, 0.25) is 0 Å². The lowest BCUT2D eigenvalue weighted by atomic mass is 9.42. The first-order chi connectivity index (χ1) is 63.6. The molecule has 6 aliphatic rings. The zero-order valence-electron chi connectivity index (χ0n) is 78.3. The average molecular weight is 1750 g/mol. The van der Waals surface area contributed by atoms with Gasteiger partial charge >= 0.3 is 38.9 Å². The highest BCUT2D eigenvalue weighted by atomic mass is 16.5. The van der Waals surface area contributed by atoms with E-state index in [1.54, 1.807) is 27.7 Å². The van der Waals surface area contributed by atoms with E-state index in [4.69, 9.17) is 27.9 Å². The molecule has 664 valence electrons. The van der Waals surface area contributed by atoms with Gasteiger partial charge in [0.1, 0.15) is 56.6 Å². The van der Waals surface area contributed by atoms with Crippen LogP contribution in [0.3, 0.4) is 0 Å². The van der Waals surface area contributed by atoms with Gasteiger partial charge in [-0.05, 0) is 69.2 Å². The van der Waals surface area contributed by atoms with Crippen LogP contribution in [0.4, 0.5) is 0 Å². The van der Waals surface area contributed by atoms with E-state index in [9.17, 15) is 19.2 Å². The van der Waals surface area contributed by atoms with Crippen molar-refractivity contribution in [2.24, 2.45) is 0 Å². The molecule has 0 aromatic heterocycles. The number of nitrogens with one attached hydrogen (secondary N) is 6. The monoisotopic (exact) mass is 1750 g/mol. The number of ketones is 4. The van der Waals surface area contributed by atoms with Gasteiger partial charge in [0, 0.05) is 53.7 Å². The quantitative estimate of drug-likeness (QED) is 0.0763. The Hall–Kier alpha value is -15.0. The molecule has 6 aliphatic heterocycles. The summed E-state index contributed by atoms with van der Waals surface area (Å²) in [6.07, 6.45) is 4.07. The highest BCUT2D eigenvalue weighted by molar-refractivity contribution is 6.94. The topological polar surface area (TPSA) is 207 Å². The van der Waals surface area contributed by atoms with Crippen molar-refractivity contribution in [3.63, 3.8) is 0 Å². The third-order valence-corrected chi connectivity index (χ3v) is 25.1. The SMILES string of the molecule is CC(=O)C1=C(C)O[B-](c2ccccc2)(c2ccccc2)[NH+]=C1C.CC(=O)C1=C(C)O[B-](c2ccccc2)(c2ccccc2)[NH+]=C1C.CC(=O)C1=C(C)O[B-](c2ccccc2)(c2ccccc2)[NH+]=C1C.CC(=O)C1=C(C)O[B-](c2ccccc2)(c2ccccc2)[NH+]=C1C.CC1=CC(C)=[NH+][B-](c2ccccc2)(c2ccccc2)O1.CC1=CC(C)=[NH+][B-](c2ccccc2)(c2ccccc2)O1. The average Bonchev–Trinajstić information content (AvgIpc) is 0.758. The molecule has 6 N–H and O–H groups in total. The Labute approximate surface area is 777 Å². The Morgan fingerprint density at radius 1 is 0.182 bits per heavy atom. The van der Waals surface area contributed by atoms with Crippen LogP contribution in [-0.4, -0.2) is 96.3 Å². The molecule has 0 aliphatic carbocycles. The maximum absolute atomic E-state index is 11.9. The van der Waals surface area contributed by atoms with Crippen molar-refractivity contribution in [3.8, 4) is 0 Å². The fourth-order valence-corrected chi connectivity index (χ4v) is 19.7. The second-order valence-electron chi connectivity index (χ2n) is 34.5. The number of hydrogen-bond donors (Lipinski definition) is 6. The van der Waals surface area contributed by atoms with Crippen molar-refractivity contribution in [2.45, 2.75) is 111 Å². The summed E-state index contributed by atoms with van der Waals surface area (Å²) in [5, 5.41) is 0. The zero-order chi connectivity index (χ0) is 93.8. The Morgan fingerprint density at radius 3 is 0.409 bits per heavy atom. The first-order valence-corrected chi connectivity index (χ1v) is 45.2. The molecule has 0 radical (unpaired) electrons. The predicted octanol–water partition coefficient (Wildman–Crippen LogP) is 4.15. The van der Waals surface area contributed by atoms with Gasteiger partial charge in [-0.3, -0.25) is 19.2 Å². The minimum Gasteiger partial charge on any atom is -0.655 e. The van der Waals surface area contributed by atoms with Crippen molar-refractivity contribution >= 4 is 162 Å². The fourth-order valence-electron chi connectivity index (χ4n) is 19.7. The van der Waals surface area contributed by atoms with E-state index in [2.05, 4.69) is 237 Å². The van der Waals surface area contributed by atoms with E-state index in [1.165, 1.54) is 0 Å². The Balaban J connectivity index is 0.000000135. The summed E-state index contributed by atoms with van der Waals surface area (Å²) in [6, 6.07) is 122. The van der Waals surface area contributed by atoms with E-state index in [1.807, 2.05) is 251 Å². The predicted molar refractivity (Wildman–Crippen MR) is 545 cm³/mol. The zero-order valence-corrected chi connectivity index (χ0v) is 78.3. The summed E-state index contributed by atoms with van der Waals surface area (Å²) in [5.41, 5.74) is 21.3. The highest BCUT2D eigenvalue weighted by Gasteiger charge is 2.50. The molecule has 0 fully saturated rings. The summed E-state index contributed by atoms with van der Waals surface area (Å²) in [4.78, 5) is 68.8. The Kier molecular flexibility index (Phi) is 30.1. The minimum atomic E-state index is -1.64. The molecule has 16 nitrogen and oxygen atoms in total. The molecular formula is C110H116B6N6O10. The van der Waals surface area contributed by atoms with Crippen LogP contribution < -0.4 is 95.0 Å². The van der Waals surface area contributed by atoms with Crippen molar-refractivity contribution in [2.75, 3.05) is 0 Å². The molecule has 0 atom stereocenters. The van der Waals surface area contributed by atoms with Crippen molar-refractivity contribution in [3.05, 3.63) is 433 Å². The fraction of sp³-hybridized carbons (Fsp3) is 0.145. The van der Waals surface area contributed by atoms with Crippen LogP contribution in [0, 0.1) is 0 Å². The van der Waals surface area contributed by atoms with Gasteiger partial charge in [-0.2, -0.15) is 0 Å². The minimum absolute atomic E-state index is 0.0121. The molecule has 0 saturated heterocycles. The summed E-state index contributed by atoms with van der Waals surface area (Å²) >= 11 is 0. The van der Waals surface area contributed by atoms with Crippen LogP contribution in [0.25, 0.3) is 0 Å². The molecule has 6 heterocycles. The van der Waals surface area contributed by atoms with E-state index in [0.29, 0.717) is 45.3 Å². The lowest BCUT2D eigenvalue weighted by molar-refractivity contribution is -0.324. The first-order valence-electron chi connectivity index (χ1n) is 45.2. The second kappa shape index (κ2) is 42.0. The van der Waals surface area contributed by atoms with Crippen molar-refractivity contribution in [1.29, 1.82) is 0 Å². The summed E-state index contributed by atoms with van der Waals surface area (Å²) in [7, 11) is 0. The summed E-state index contributed by atoms with van der Waals surface area (Å²) < 4.78 is 38.1. The largest absolute Gasteiger partial charge is 0.655 e. The van der Waals surface area contributed by atoms with Gasteiger partial charge in [-0.25, -0.2) is 0 Å². The van der Waals surface area contributed by atoms with Crippen molar-refractivity contribution < 1.29 is 76.5 Å². The molecular weight excluding hydrogens is 1630 g/mol. The standard InChI is InChI=1S/4C19H20BNO2.2C17H18BNO/c4*1-14-19(15(2)22)16(3)23-20(21-14,17-10-6-4-7-11-17)18-12-8-5-9-13-18;2*1-14-13-15(2)20-18(19-14,16-9-5-3-6-10-16)17-11-7-4-8-12-17/h4*4-13,21H,1-3H3;2*3-13,19H,1-2H3. The highest BCUT2D eigenvalue weighted by Crippen LogP contribution is 2.22. The van der Waals surface area contributed by atoms with Gasteiger partial charge in [-0.1, -0.05) is 430 Å². The molecule has 18 rings (SSSR count). The first kappa shape index (κ1) is 94.6. The van der Waals surface area contributed by atoms with Gasteiger partial charge in [-0.15, -0.1) is 0 Å². The number of carbonyl (C=O) groups is 4. The van der Waals surface area contributed by atoms with Gasteiger partial charge in [0.25, 0.3) is 0 Å². The van der Waals surface area contributed by atoms with E-state index < -0.39 is 38.9 Å². The lowest BCUT2D eigenvalue weighted by Crippen LogP contribution is -3.01. The molecule has 0 saturated carbocycles. The Morgan fingerprint density at radius 2 is 0.303 bits per heavy atom.